The Bertz CT molecular complexity index is 1150. The van der Waals surface area contributed by atoms with E-state index < -0.39 is 45.8 Å². The molecule has 0 heterocycles. The maximum absolute atomic E-state index is 17.2. The molecule has 0 aliphatic heterocycles. The van der Waals surface area contributed by atoms with Crippen LogP contribution in [0.2, 0.25) is 0 Å². The van der Waals surface area contributed by atoms with Crippen LogP contribution in [0, 0.1) is 28.6 Å². The number of anilines is 1. The highest BCUT2D eigenvalue weighted by Gasteiger charge is 2.75. The first-order chi connectivity index (χ1) is 16.5. The highest BCUT2D eigenvalue weighted by Crippen LogP contribution is 2.70. The summed E-state index contributed by atoms with van der Waals surface area (Å²) >= 11 is 0. The van der Waals surface area contributed by atoms with Gasteiger partial charge in [0, 0.05) is 16.7 Å². The number of nitrogens with zero attached hydrogens (tertiary/aromatic N) is 1. The molecule has 3 fully saturated rings. The molecule has 6 nitrogen and oxygen atoms in total. The SMILES string of the molecule is C[C@@H]1C[C@H]2[C@@H]3CCC4=CC(=O)C=C[C@]4(C)[C@@]3(F)[C@@H](O)C[C@]2(C)[C@@]1(O)C(=O)C=NNc1ccccc1. The maximum atomic E-state index is 17.2. The Hall–Kier alpha value is -2.64. The van der Waals surface area contributed by atoms with Gasteiger partial charge >= 0.3 is 0 Å². The number of carbonyl (C=O) groups is 2. The van der Waals surface area contributed by atoms with Gasteiger partial charge in [0.15, 0.2) is 11.5 Å². The summed E-state index contributed by atoms with van der Waals surface area (Å²) in [6.07, 6.45) is 5.64. The van der Waals surface area contributed by atoms with Gasteiger partial charge in [-0.2, -0.15) is 5.10 Å². The van der Waals surface area contributed by atoms with Crippen LogP contribution in [0.15, 0.2) is 59.2 Å². The zero-order valence-electron chi connectivity index (χ0n) is 20.4. The highest BCUT2D eigenvalue weighted by molar-refractivity contribution is 6.31. The summed E-state index contributed by atoms with van der Waals surface area (Å²) in [6, 6.07) is 9.17. The number of para-hydroxylation sites is 1. The molecule has 35 heavy (non-hydrogen) atoms. The summed E-state index contributed by atoms with van der Waals surface area (Å²) in [7, 11) is 0. The van der Waals surface area contributed by atoms with Gasteiger partial charge in [-0.25, -0.2) is 4.39 Å². The summed E-state index contributed by atoms with van der Waals surface area (Å²) in [5.74, 6) is -1.99. The van der Waals surface area contributed by atoms with Crippen molar-refractivity contribution < 1.29 is 24.2 Å². The van der Waals surface area contributed by atoms with Crippen LogP contribution >= 0.6 is 0 Å². The van der Waals surface area contributed by atoms with Crippen molar-refractivity contribution in [3.63, 3.8) is 0 Å². The van der Waals surface area contributed by atoms with Crippen molar-refractivity contribution in [3.8, 4) is 0 Å². The van der Waals surface area contributed by atoms with Crippen LogP contribution in [0.1, 0.15) is 46.5 Å². The number of ketones is 2. The van der Waals surface area contributed by atoms with E-state index in [1.807, 2.05) is 44.2 Å². The number of aliphatic hydroxyl groups excluding tert-OH is 1. The quantitative estimate of drug-likeness (QED) is 0.447. The number of carbonyl (C=O) groups excluding carboxylic acids is 2. The normalized spacial score (nSPS) is 44.4. The second-order valence-electron chi connectivity index (χ2n) is 11.3. The molecule has 1 aromatic rings. The molecule has 4 aliphatic carbocycles. The van der Waals surface area contributed by atoms with Gasteiger partial charge in [-0.3, -0.25) is 15.0 Å². The molecule has 0 amide bonds. The van der Waals surface area contributed by atoms with Crippen molar-refractivity contribution in [1.29, 1.82) is 0 Å². The third kappa shape index (κ3) is 3.10. The van der Waals surface area contributed by atoms with Crippen LogP contribution in [0.4, 0.5) is 10.1 Å². The number of benzene rings is 1. The topological polar surface area (TPSA) is 99.0 Å². The zero-order chi connectivity index (χ0) is 25.2. The fourth-order valence-corrected chi connectivity index (χ4v) is 7.85. The minimum atomic E-state index is -1.99. The maximum Gasteiger partial charge on any atom is 0.207 e. The molecule has 3 N–H and O–H groups in total. The number of hydrogen-bond acceptors (Lipinski definition) is 6. The molecule has 0 aromatic heterocycles. The molecule has 7 heteroatoms. The van der Waals surface area contributed by atoms with Crippen LogP contribution in [0.25, 0.3) is 0 Å². The van der Waals surface area contributed by atoms with E-state index in [9.17, 15) is 19.8 Å². The van der Waals surface area contributed by atoms with Gasteiger partial charge < -0.3 is 10.2 Å². The van der Waals surface area contributed by atoms with E-state index >= 15 is 4.39 Å². The van der Waals surface area contributed by atoms with Crippen LogP contribution in [-0.2, 0) is 9.59 Å². The van der Waals surface area contributed by atoms with Crippen molar-refractivity contribution in [3.05, 3.63) is 54.1 Å². The van der Waals surface area contributed by atoms with Crippen molar-refractivity contribution in [2.75, 3.05) is 5.43 Å². The zero-order valence-corrected chi connectivity index (χ0v) is 20.4. The van der Waals surface area contributed by atoms with Gasteiger partial charge in [-0.05, 0) is 68.7 Å². The summed E-state index contributed by atoms with van der Waals surface area (Å²) in [4.78, 5) is 25.4. The number of hydrogen-bond donors (Lipinski definition) is 3. The Morgan fingerprint density at radius 2 is 1.94 bits per heavy atom. The number of aliphatic hydroxyl groups is 2. The number of fused-ring (bicyclic) bond motifs is 5. The Morgan fingerprint density at radius 3 is 2.66 bits per heavy atom. The average molecular weight is 481 g/mol. The molecule has 0 saturated heterocycles. The van der Waals surface area contributed by atoms with Gasteiger partial charge in [0.05, 0.1) is 18.0 Å². The van der Waals surface area contributed by atoms with E-state index in [0.29, 0.717) is 30.5 Å². The number of alkyl halides is 1. The molecule has 0 spiro atoms. The first-order valence-corrected chi connectivity index (χ1v) is 12.4. The first-order valence-electron chi connectivity index (χ1n) is 12.4. The third-order valence-corrected chi connectivity index (χ3v) is 9.75. The van der Waals surface area contributed by atoms with Gasteiger partial charge in [0.2, 0.25) is 5.78 Å². The predicted octanol–water partition coefficient (Wildman–Crippen LogP) is 4.00. The molecular weight excluding hydrogens is 447 g/mol. The summed E-state index contributed by atoms with van der Waals surface area (Å²) < 4.78 is 17.2. The van der Waals surface area contributed by atoms with Crippen LogP contribution in [-0.4, -0.2) is 45.4 Å². The fourth-order valence-electron chi connectivity index (χ4n) is 7.85. The summed E-state index contributed by atoms with van der Waals surface area (Å²) in [6.45, 7) is 5.40. The Labute approximate surface area is 205 Å². The molecule has 4 aliphatic rings. The Kier molecular flexibility index (Phi) is 5.46. The number of nitrogens with one attached hydrogen (secondary N) is 1. The van der Waals surface area contributed by atoms with Crippen molar-refractivity contribution in [2.45, 2.75) is 63.8 Å². The molecule has 0 bridgehead atoms. The van der Waals surface area contributed by atoms with Gasteiger partial charge in [-0.1, -0.05) is 43.7 Å². The fraction of sp³-hybridized carbons (Fsp3) is 0.536. The lowest BCUT2D eigenvalue weighted by atomic mass is 9.44. The number of halogens is 1. The molecule has 3 saturated carbocycles. The standard InChI is InChI=1S/C28H33FN2O4/c1-17-13-22-21-10-9-18-14-20(32)11-12-25(18,2)27(21,29)23(33)15-26(22,3)28(17,35)24(34)16-30-31-19-7-5-4-6-8-19/h4-8,11-12,14,16-17,21-23,31,33,35H,9-10,13,15H2,1-3H3/t17-,21+,22+,23+,25+,26+,27+,28+/m1/s1. The lowest BCUT2D eigenvalue weighted by Gasteiger charge is -2.62. The van der Waals surface area contributed by atoms with Gasteiger partial charge in [0.1, 0.15) is 5.60 Å². The van der Waals surface area contributed by atoms with E-state index in [1.54, 1.807) is 13.0 Å². The minimum absolute atomic E-state index is 0.0537. The molecule has 1 aromatic carbocycles. The lowest BCUT2D eigenvalue weighted by Crippen LogP contribution is -2.69. The first kappa shape index (κ1) is 24.1. The number of Topliss-reactive ketones (excluding diaryl/α,β-unsaturated/α-hetero) is 1. The van der Waals surface area contributed by atoms with E-state index in [1.165, 1.54) is 12.2 Å². The Morgan fingerprint density at radius 1 is 1.23 bits per heavy atom. The van der Waals surface area contributed by atoms with Gasteiger partial charge in [-0.15, -0.1) is 0 Å². The Balaban J connectivity index is 1.48. The summed E-state index contributed by atoms with van der Waals surface area (Å²) in [5.41, 5.74) is -1.67. The highest BCUT2D eigenvalue weighted by atomic mass is 19.1. The largest absolute Gasteiger partial charge is 0.390 e. The molecular formula is C28H33FN2O4. The van der Waals surface area contributed by atoms with E-state index in [0.717, 1.165) is 6.21 Å². The third-order valence-electron chi connectivity index (χ3n) is 9.75. The van der Waals surface area contributed by atoms with E-state index in [4.69, 9.17) is 0 Å². The van der Waals surface area contributed by atoms with Gasteiger partial charge in [0.25, 0.3) is 0 Å². The molecule has 8 atom stereocenters. The molecule has 5 rings (SSSR count). The van der Waals surface area contributed by atoms with Crippen LogP contribution < -0.4 is 5.43 Å². The predicted molar refractivity (Wildman–Crippen MR) is 131 cm³/mol. The van der Waals surface area contributed by atoms with Crippen molar-refractivity contribution >= 4 is 23.5 Å². The number of hydrazone groups is 1. The number of allylic oxidation sites excluding steroid dienone is 4. The smallest absolute Gasteiger partial charge is 0.207 e. The van der Waals surface area contributed by atoms with E-state index in [-0.39, 0.29) is 18.1 Å². The average Bonchev–Trinajstić information content (AvgIpc) is 3.02. The number of rotatable bonds is 4. The lowest BCUT2D eigenvalue weighted by molar-refractivity contribution is -0.216. The monoisotopic (exact) mass is 480 g/mol. The second-order valence-corrected chi connectivity index (χ2v) is 11.3. The summed E-state index contributed by atoms with van der Waals surface area (Å²) in [5, 5.41) is 27.4. The molecule has 186 valence electrons. The van der Waals surface area contributed by atoms with Crippen LogP contribution in [0.3, 0.4) is 0 Å². The van der Waals surface area contributed by atoms with E-state index in [2.05, 4.69) is 10.5 Å². The second kappa shape index (κ2) is 7.93. The minimum Gasteiger partial charge on any atom is -0.390 e. The molecule has 0 radical (unpaired) electrons. The molecule has 0 unspecified atom stereocenters. The van der Waals surface area contributed by atoms with Crippen LogP contribution in [0.5, 0.6) is 0 Å². The van der Waals surface area contributed by atoms with Crippen molar-refractivity contribution in [1.82, 2.24) is 0 Å². The van der Waals surface area contributed by atoms with Crippen molar-refractivity contribution in [2.24, 2.45) is 33.7 Å².